The van der Waals surface area contributed by atoms with E-state index in [4.69, 9.17) is 16.6 Å². The molecule has 3 heterocycles. The fraction of sp³-hybridized carbons (Fsp3) is 0.286. The zero-order chi connectivity index (χ0) is 20.2. The highest BCUT2D eigenvalue weighted by atomic mass is 35.5. The van der Waals surface area contributed by atoms with Gasteiger partial charge >= 0.3 is 0 Å². The summed E-state index contributed by atoms with van der Waals surface area (Å²) in [6.45, 7) is 5.88. The third-order valence-electron chi connectivity index (χ3n) is 4.81. The van der Waals surface area contributed by atoms with Gasteiger partial charge < -0.3 is 15.1 Å². The van der Waals surface area contributed by atoms with Crippen molar-refractivity contribution in [3.63, 3.8) is 0 Å². The molecule has 1 aromatic carbocycles. The predicted molar refractivity (Wildman–Crippen MR) is 119 cm³/mol. The first kappa shape index (κ1) is 19.4. The van der Waals surface area contributed by atoms with Gasteiger partial charge in [-0.1, -0.05) is 29.8 Å². The molecule has 0 atom stereocenters. The van der Waals surface area contributed by atoms with Crippen molar-refractivity contribution in [3.8, 4) is 0 Å². The minimum Gasteiger partial charge on any atom is -0.354 e. The van der Waals surface area contributed by atoms with Gasteiger partial charge in [0.2, 0.25) is 0 Å². The molecule has 0 radical (unpaired) electrons. The van der Waals surface area contributed by atoms with Crippen LogP contribution >= 0.6 is 11.6 Å². The average Bonchev–Trinajstić information content (AvgIpc) is 3.12. The van der Waals surface area contributed by atoms with Crippen molar-refractivity contribution in [1.82, 2.24) is 25.1 Å². The van der Waals surface area contributed by atoms with E-state index in [-0.39, 0.29) is 0 Å². The maximum atomic E-state index is 5.97. The summed E-state index contributed by atoms with van der Waals surface area (Å²) >= 11 is 5.97. The maximum absolute atomic E-state index is 5.97. The number of piperazine rings is 1. The number of hydrogen-bond donors (Lipinski definition) is 2. The number of rotatable bonds is 5. The van der Waals surface area contributed by atoms with Crippen LogP contribution < -0.4 is 10.2 Å². The normalized spacial score (nSPS) is 15.2. The van der Waals surface area contributed by atoms with Crippen molar-refractivity contribution in [1.29, 1.82) is 0 Å². The molecule has 7 nitrogen and oxygen atoms in total. The van der Waals surface area contributed by atoms with E-state index >= 15 is 0 Å². The molecule has 1 saturated heterocycles. The van der Waals surface area contributed by atoms with Crippen molar-refractivity contribution < 1.29 is 0 Å². The molecule has 29 heavy (non-hydrogen) atoms. The van der Waals surface area contributed by atoms with Crippen LogP contribution in [0.1, 0.15) is 17.1 Å². The first-order chi connectivity index (χ1) is 14.0. The molecule has 2 aromatic heterocycles. The summed E-state index contributed by atoms with van der Waals surface area (Å²) in [5.74, 6) is 3.01. The number of likely N-dealkylation sites (N-methyl/N-ethyl adjacent to an activating group) is 1. The van der Waals surface area contributed by atoms with Crippen LogP contribution in [-0.4, -0.2) is 58.3 Å². The van der Waals surface area contributed by atoms with Gasteiger partial charge in [0.05, 0.1) is 0 Å². The maximum Gasteiger partial charge on any atom is 0.156 e. The number of aromatic nitrogens is 4. The Labute approximate surface area is 175 Å². The lowest BCUT2D eigenvalue weighted by molar-refractivity contribution is 0.312. The van der Waals surface area contributed by atoms with Crippen LogP contribution in [0.15, 0.2) is 36.4 Å². The van der Waals surface area contributed by atoms with Crippen molar-refractivity contribution in [3.05, 3.63) is 58.5 Å². The third-order valence-corrected chi connectivity index (χ3v) is 5.07. The second kappa shape index (κ2) is 8.63. The van der Waals surface area contributed by atoms with E-state index in [2.05, 4.69) is 37.3 Å². The molecule has 8 heteroatoms. The largest absolute Gasteiger partial charge is 0.354 e. The molecule has 1 aliphatic rings. The van der Waals surface area contributed by atoms with Gasteiger partial charge in [0.15, 0.2) is 11.6 Å². The third kappa shape index (κ3) is 5.13. The number of hydrogen-bond acceptors (Lipinski definition) is 6. The fourth-order valence-electron chi connectivity index (χ4n) is 3.15. The highest BCUT2D eigenvalue weighted by Gasteiger charge is 2.17. The van der Waals surface area contributed by atoms with Gasteiger partial charge in [-0.25, -0.2) is 9.97 Å². The zero-order valence-corrected chi connectivity index (χ0v) is 17.3. The highest BCUT2D eigenvalue weighted by molar-refractivity contribution is 6.30. The average molecular weight is 410 g/mol. The van der Waals surface area contributed by atoms with E-state index in [1.165, 1.54) is 0 Å². The van der Waals surface area contributed by atoms with Crippen LogP contribution in [-0.2, 0) is 0 Å². The van der Waals surface area contributed by atoms with Crippen LogP contribution in [0.2, 0.25) is 5.02 Å². The molecule has 0 spiro atoms. The lowest BCUT2D eigenvalue weighted by atomic mass is 10.2. The molecular formula is C21H24ClN7. The number of benzene rings is 1. The van der Waals surface area contributed by atoms with Gasteiger partial charge in [0, 0.05) is 49.0 Å². The highest BCUT2D eigenvalue weighted by Crippen LogP contribution is 2.21. The molecule has 4 rings (SSSR count). The van der Waals surface area contributed by atoms with Gasteiger partial charge in [-0.3, -0.25) is 5.10 Å². The quantitative estimate of drug-likeness (QED) is 0.667. The van der Waals surface area contributed by atoms with Crippen LogP contribution in [0.4, 0.5) is 17.5 Å². The number of nitrogens with one attached hydrogen (secondary N) is 2. The standard InChI is InChI=1S/C21H24ClN7/c1-15-13-20(27-26-15)24-19-14-21(29-11-9-28(2)10-12-29)25-18(23-19)8-5-16-3-6-17(22)7-4-16/h3-8,13-14H,9-12H2,1-2H3,(H2,23,24,25,26,27). The Morgan fingerprint density at radius 3 is 2.45 bits per heavy atom. The van der Waals surface area contributed by atoms with Crippen LogP contribution in [0.25, 0.3) is 12.2 Å². The first-order valence-electron chi connectivity index (χ1n) is 9.60. The summed E-state index contributed by atoms with van der Waals surface area (Å²) < 4.78 is 0. The number of aryl methyl sites for hydroxylation is 1. The number of anilines is 3. The Bertz CT molecular complexity index is 989. The summed E-state index contributed by atoms with van der Waals surface area (Å²) in [7, 11) is 2.14. The monoisotopic (exact) mass is 409 g/mol. The number of aromatic amines is 1. The SMILES string of the molecule is Cc1cc(Nc2cc(N3CCN(C)CC3)nc(C=Cc3ccc(Cl)cc3)n2)n[nH]1. The van der Waals surface area contributed by atoms with Gasteiger partial charge in [0.1, 0.15) is 11.6 Å². The van der Waals surface area contributed by atoms with Crippen LogP contribution in [0.3, 0.4) is 0 Å². The van der Waals surface area contributed by atoms with Crippen LogP contribution in [0, 0.1) is 6.92 Å². The molecular weight excluding hydrogens is 386 g/mol. The fourth-order valence-corrected chi connectivity index (χ4v) is 3.27. The first-order valence-corrected chi connectivity index (χ1v) is 9.98. The van der Waals surface area contributed by atoms with Gasteiger partial charge in [-0.15, -0.1) is 0 Å². The van der Waals surface area contributed by atoms with E-state index < -0.39 is 0 Å². The predicted octanol–water partition coefficient (Wildman–Crippen LogP) is 3.83. The lowest BCUT2D eigenvalue weighted by Gasteiger charge is -2.33. The Morgan fingerprint density at radius 2 is 1.76 bits per heavy atom. The molecule has 2 N–H and O–H groups in total. The Balaban J connectivity index is 1.62. The van der Waals surface area contributed by atoms with Gasteiger partial charge in [0.25, 0.3) is 0 Å². The van der Waals surface area contributed by atoms with E-state index in [0.717, 1.165) is 59.9 Å². The van der Waals surface area contributed by atoms with Crippen molar-refractivity contribution in [2.75, 3.05) is 43.4 Å². The lowest BCUT2D eigenvalue weighted by Crippen LogP contribution is -2.44. The Kier molecular flexibility index (Phi) is 5.78. The topological polar surface area (TPSA) is 73.0 Å². The number of halogens is 1. The molecule has 0 amide bonds. The second-order valence-electron chi connectivity index (χ2n) is 7.21. The Hall–Kier alpha value is -2.90. The van der Waals surface area contributed by atoms with Gasteiger partial charge in [-0.2, -0.15) is 5.10 Å². The number of H-pyrrole nitrogens is 1. The van der Waals surface area contributed by atoms with E-state index in [0.29, 0.717) is 5.82 Å². The minimum atomic E-state index is 0.645. The van der Waals surface area contributed by atoms with E-state index in [1.807, 2.05) is 55.5 Å². The summed E-state index contributed by atoms with van der Waals surface area (Å²) in [5.41, 5.74) is 2.03. The molecule has 0 unspecified atom stereocenters. The summed E-state index contributed by atoms with van der Waals surface area (Å²) in [5, 5.41) is 11.2. The summed E-state index contributed by atoms with van der Waals surface area (Å²) in [6, 6.07) is 11.6. The van der Waals surface area contributed by atoms with Crippen molar-refractivity contribution in [2.24, 2.45) is 0 Å². The molecule has 0 aliphatic carbocycles. The van der Waals surface area contributed by atoms with Gasteiger partial charge in [-0.05, 0) is 37.7 Å². The number of nitrogens with zero attached hydrogens (tertiary/aromatic N) is 5. The summed E-state index contributed by atoms with van der Waals surface area (Å²) in [6.07, 6.45) is 3.91. The molecule has 0 saturated carbocycles. The second-order valence-corrected chi connectivity index (χ2v) is 7.64. The zero-order valence-electron chi connectivity index (χ0n) is 16.6. The summed E-state index contributed by atoms with van der Waals surface area (Å²) in [4.78, 5) is 14.0. The smallest absolute Gasteiger partial charge is 0.156 e. The molecule has 3 aromatic rings. The van der Waals surface area contributed by atoms with E-state index in [1.54, 1.807) is 0 Å². The molecule has 150 valence electrons. The van der Waals surface area contributed by atoms with E-state index in [9.17, 15) is 0 Å². The Morgan fingerprint density at radius 1 is 1.00 bits per heavy atom. The minimum absolute atomic E-state index is 0.645. The molecule has 0 bridgehead atoms. The molecule has 1 aliphatic heterocycles. The van der Waals surface area contributed by atoms with Crippen molar-refractivity contribution in [2.45, 2.75) is 6.92 Å². The molecule has 1 fully saturated rings. The van der Waals surface area contributed by atoms with Crippen molar-refractivity contribution >= 4 is 41.2 Å². The van der Waals surface area contributed by atoms with Crippen LogP contribution in [0.5, 0.6) is 0 Å².